The minimum absolute atomic E-state index is 0.0416. The van der Waals surface area contributed by atoms with E-state index in [1.807, 2.05) is 6.07 Å². The monoisotopic (exact) mass is 208 g/mol. The summed E-state index contributed by atoms with van der Waals surface area (Å²) in [5.41, 5.74) is 1.65. The SMILES string of the molecule is CO/C=C/c1cc2c(cc1CO)OCO2. The molecule has 0 aliphatic carbocycles. The molecule has 0 atom stereocenters. The van der Waals surface area contributed by atoms with E-state index in [1.165, 1.54) is 0 Å². The summed E-state index contributed by atoms with van der Waals surface area (Å²) in [6.07, 6.45) is 3.32. The van der Waals surface area contributed by atoms with E-state index in [2.05, 4.69) is 0 Å². The van der Waals surface area contributed by atoms with Crippen LogP contribution in [0.1, 0.15) is 11.1 Å². The van der Waals surface area contributed by atoms with Crippen LogP contribution in [0.2, 0.25) is 0 Å². The Morgan fingerprint density at radius 2 is 2.13 bits per heavy atom. The first kappa shape index (κ1) is 9.86. The lowest BCUT2D eigenvalue weighted by molar-refractivity contribution is 0.174. The predicted molar refractivity (Wildman–Crippen MR) is 54.5 cm³/mol. The lowest BCUT2D eigenvalue weighted by Crippen LogP contribution is -1.92. The summed E-state index contributed by atoms with van der Waals surface area (Å²) < 4.78 is 15.3. The van der Waals surface area contributed by atoms with Crippen molar-refractivity contribution >= 4 is 6.08 Å². The Labute approximate surface area is 87.7 Å². The summed E-state index contributed by atoms with van der Waals surface area (Å²) in [6, 6.07) is 3.60. The predicted octanol–water partition coefficient (Wildman–Crippen LogP) is 1.52. The Morgan fingerprint density at radius 1 is 1.40 bits per heavy atom. The van der Waals surface area contributed by atoms with Crippen LogP contribution in [0.5, 0.6) is 11.5 Å². The van der Waals surface area contributed by atoms with Crippen LogP contribution in [-0.2, 0) is 11.3 Å². The fourth-order valence-corrected chi connectivity index (χ4v) is 1.43. The second-order valence-electron chi connectivity index (χ2n) is 3.10. The van der Waals surface area contributed by atoms with Gasteiger partial charge < -0.3 is 19.3 Å². The van der Waals surface area contributed by atoms with Crippen molar-refractivity contribution in [1.29, 1.82) is 0 Å². The number of aliphatic hydroxyl groups is 1. The summed E-state index contributed by atoms with van der Waals surface area (Å²) in [4.78, 5) is 0. The van der Waals surface area contributed by atoms with Crippen molar-refractivity contribution in [2.75, 3.05) is 13.9 Å². The van der Waals surface area contributed by atoms with Gasteiger partial charge in [-0.2, -0.15) is 0 Å². The average molecular weight is 208 g/mol. The number of methoxy groups -OCH3 is 1. The number of aliphatic hydroxyl groups excluding tert-OH is 1. The van der Waals surface area contributed by atoms with Gasteiger partial charge in [0.05, 0.1) is 20.0 Å². The fraction of sp³-hybridized carbons (Fsp3) is 0.273. The zero-order valence-electron chi connectivity index (χ0n) is 8.40. The van der Waals surface area contributed by atoms with Crippen molar-refractivity contribution in [2.45, 2.75) is 6.61 Å². The van der Waals surface area contributed by atoms with Crippen LogP contribution < -0.4 is 9.47 Å². The molecule has 1 heterocycles. The van der Waals surface area contributed by atoms with E-state index >= 15 is 0 Å². The summed E-state index contributed by atoms with van der Waals surface area (Å²) in [7, 11) is 1.57. The highest BCUT2D eigenvalue weighted by Gasteiger charge is 2.15. The quantitative estimate of drug-likeness (QED) is 0.765. The number of ether oxygens (including phenoxy) is 3. The summed E-state index contributed by atoms with van der Waals surface area (Å²) >= 11 is 0. The maximum absolute atomic E-state index is 9.18. The molecule has 1 aliphatic heterocycles. The molecule has 1 aromatic rings. The fourth-order valence-electron chi connectivity index (χ4n) is 1.43. The van der Waals surface area contributed by atoms with E-state index in [4.69, 9.17) is 14.2 Å². The number of rotatable bonds is 3. The van der Waals surface area contributed by atoms with Crippen molar-refractivity contribution in [3.05, 3.63) is 29.5 Å². The average Bonchev–Trinajstić information content (AvgIpc) is 2.71. The third-order valence-corrected chi connectivity index (χ3v) is 2.19. The van der Waals surface area contributed by atoms with Crippen LogP contribution in [0.4, 0.5) is 0 Å². The van der Waals surface area contributed by atoms with Crippen LogP contribution in [0.3, 0.4) is 0 Å². The first-order valence-electron chi connectivity index (χ1n) is 4.58. The highest BCUT2D eigenvalue weighted by molar-refractivity contribution is 5.60. The number of hydrogen-bond acceptors (Lipinski definition) is 4. The van der Waals surface area contributed by atoms with Crippen molar-refractivity contribution in [1.82, 2.24) is 0 Å². The smallest absolute Gasteiger partial charge is 0.231 e. The topological polar surface area (TPSA) is 47.9 Å². The van der Waals surface area contributed by atoms with Gasteiger partial charge in [-0.3, -0.25) is 0 Å². The molecule has 0 saturated carbocycles. The van der Waals surface area contributed by atoms with Crippen LogP contribution >= 0.6 is 0 Å². The minimum Gasteiger partial charge on any atom is -0.504 e. The Morgan fingerprint density at radius 3 is 2.80 bits per heavy atom. The largest absolute Gasteiger partial charge is 0.504 e. The summed E-state index contributed by atoms with van der Waals surface area (Å²) in [5.74, 6) is 1.37. The lowest BCUT2D eigenvalue weighted by Gasteiger charge is -2.04. The van der Waals surface area contributed by atoms with Gasteiger partial charge in [0.1, 0.15) is 0 Å². The summed E-state index contributed by atoms with van der Waals surface area (Å²) in [6.45, 7) is 0.192. The molecule has 2 rings (SSSR count). The van der Waals surface area contributed by atoms with Crippen LogP contribution in [0.25, 0.3) is 6.08 Å². The Bertz CT molecular complexity index is 384. The minimum atomic E-state index is -0.0416. The molecule has 15 heavy (non-hydrogen) atoms. The van der Waals surface area contributed by atoms with Gasteiger partial charge in [0, 0.05) is 0 Å². The van der Waals surface area contributed by atoms with Gasteiger partial charge in [0.2, 0.25) is 6.79 Å². The molecule has 1 aliphatic rings. The molecule has 0 spiro atoms. The maximum Gasteiger partial charge on any atom is 0.231 e. The van der Waals surface area contributed by atoms with Gasteiger partial charge in [-0.1, -0.05) is 0 Å². The molecule has 4 heteroatoms. The molecule has 80 valence electrons. The van der Waals surface area contributed by atoms with E-state index in [0.29, 0.717) is 11.5 Å². The van der Waals surface area contributed by atoms with Crippen LogP contribution in [-0.4, -0.2) is 19.0 Å². The molecule has 4 nitrogen and oxygen atoms in total. The third-order valence-electron chi connectivity index (χ3n) is 2.19. The van der Waals surface area contributed by atoms with Gasteiger partial charge >= 0.3 is 0 Å². The van der Waals surface area contributed by atoms with Crippen LogP contribution in [0.15, 0.2) is 18.4 Å². The van der Waals surface area contributed by atoms with E-state index in [-0.39, 0.29) is 13.4 Å². The molecule has 0 fully saturated rings. The van der Waals surface area contributed by atoms with Gasteiger partial charge in [0.15, 0.2) is 11.5 Å². The van der Waals surface area contributed by atoms with Crippen molar-refractivity contribution in [2.24, 2.45) is 0 Å². The Kier molecular flexibility index (Phi) is 2.78. The van der Waals surface area contributed by atoms with Crippen LogP contribution in [0, 0.1) is 0 Å². The Balaban J connectivity index is 2.39. The molecule has 0 radical (unpaired) electrons. The third kappa shape index (κ3) is 1.89. The molecule has 1 N–H and O–H groups in total. The molecule has 1 aromatic carbocycles. The molecule has 0 unspecified atom stereocenters. The Hall–Kier alpha value is -1.68. The van der Waals surface area contributed by atoms with E-state index < -0.39 is 0 Å². The molecule has 0 saturated heterocycles. The number of hydrogen-bond donors (Lipinski definition) is 1. The number of fused-ring (bicyclic) bond motifs is 1. The molecule has 0 aromatic heterocycles. The second kappa shape index (κ2) is 4.23. The van der Waals surface area contributed by atoms with E-state index in [9.17, 15) is 5.11 Å². The first-order valence-corrected chi connectivity index (χ1v) is 4.58. The maximum atomic E-state index is 9.18. The van der Waals surface area contributed by atoms with Gasteiger partial charge in [0.25, 0.3) is 0 Å². The second-order valence-corrected chi connectivity index (χ2v) is 3.10. The molecule has 0 bridgehead atoms. The zero-order chi connectivity index (χ0) is 10.7. The highest BCUT2D eigenvalue weighted by atomic mass is 16.7. The van der Waals surface area contributed by atoms with Gasteiger partial charge in [-0.25, -0.2) is 0 Å². The van der Waals surface area contributed by atoms with Gasteiger partial charge in [-0.05, 0) is 29.3 Å². The lowest BCUT2D eigenvalue weighted by atomic mass is 10.1. The van der Waals surface area contributed by atoms with Gasteiger partial charge in [-0.15, -0.1) is 0 Å². The summed E-state index contributed by atoms with van der Waals surface area (Å²) in [5, 5.41) is 9.18. The first-order chi connectivity index (χ1) is 7.35. The van der Waals surface area contributed by atoms with Crippen molar-refractivity contribution in [3.63, 3.8) is 0 Å². The van der Waals surface area contributed by atoms with Crippen molar-refractivity contribution in [3.8, 4) is 11.5 Å². The normalized spacial score (nSPS) is 13.5. The molecular formula is C11H12O4. The highest BCUT2D eigenvalue weighted by Crippen LogP contribution is 2.35. The van der Waals surface area contributed by atoms with Crippen molar-refractivity contribution < 1.29 is 19.3 Å². The van der Waals surface area contributed by atoms with E-state index in [1.54, 1.807) is 25.5 Å². The zero-order valence-corrected chi connectivity index (χ0v) is 8.40. The molecular weight excluding hydrogens is 196 g/mol. The molecule has 0 amide bonds. The number of benzene rings is 1. The standard InChI is InChI=1S/C11H12O4/c1-13-3-2-8-4-10-11(15-7-14-10)5-9(8)6-12/h2-5,12H,6-7H2,1H3/b3-2+. The van der Waals surface area contributed by atoms with E-state index in [0.717, 1.165) is 11.1 Å².